The lowest BCUT2D eigenvalue weighted by atomic mass is 9.65. The van der Waals surface area contributed by atoms with E-state index in [2.05, 4.69) is 111 Å². The summed E-state index contributed by atoms with van der Waals surface area (Å²) in [5.74, 6) is -19.4. The van der Waals surface area contributed by atoms with Crippen molar-refractivity contribution in [2.45, 2.75) is 148 Å². The molecule has 0 bridgehead atoms. The van der Waals surface area contributed by atoms with Gasteiger partial charge in [-0.2, -0.15) is 62.3 Å². The van der Waals surface area contributed by atoms with E-state index >= 15 is 0 Å². The molecular weight excluding hydrogens is 1970 g/mol. The Balaban J connectivity index is 0.000000138. The number of ether oxygens (including phenoxy) is 5. The maximum atomic E-state index is 14.1. The Kier molecular flexibility index (Phi) is 29.1. The fraction of sp³-hybridized carbons (Fsp3) is 0.272. The standard InChI is InChI=1S/C18H15F2N5.C15H11F5N4O2.C15H11F5N4.C15H13F3N4O.C15H14F2N4O.C14H8F6N4O/c1-17(19,20)16-24-23-15-9-22-14(10-25(15)16)12-3-5-13(6-4-12)18(11-21)7-2-8-18;1-14(16,17)13-23-22-12-6-21-10(7-24(12)13)9-4-3-8(5-11(9)25-2)26-15(18,19)20;1-8-5-9(15(18,19)20)3-4-10(8)11-7-24-12(6-21-11)22-23-13(24)14(2,16)17;1-9(2)14-21-20-13-7-19-12(8-22(13)14)10-3-5-11(6-4-10)23-15(16,17)18;1-3-22-11-6-4-10(5-7-11)12-9-21-13(8-18-12)19-20-14(21)15(2,16)17;1-13(16,17)12-23-22-11-5-21-10(6-24(11)12)8-3-2-7(4-9(8)15)25-14(18,19)20/h3-6,9-10H,2,7-8H2,1H3;3-7H,1-2H3;3-7H,1-2H3;3-9H,1-2H3;4-9H,3H2,1-2H3;2-6H,1H3. The minimum Gasteiger partial charge on any atom is -0.496 e. The number of rotatable bonds is 19. The lowest BCUT2D eigenvalue weighted by Crippen LogP contribution is -2.32. The number of halogens is 23. The van der Waals surface area contributed by atoms with Crippen molar-refractivity contribution in [3.05, 3.63) is 259 Å². The minimum absolute atomic E-state index is 0.0118. The summed E-state index contributed by atoms with van der Waals surface area (Å²) < 4.78 is 327. The third-order valence-electron chi connectivity index (χ3n) is 21.2. The molecule has 0 spiro atoms. The van der Waals surface area contributed by atoms with E-state index in [0.29, 0.717) is 72.9 Å². The number of hydrogen-bond acceptors (Lipinski definition) is 24. The summed E-state index contributed by atoms with van der Waals surface area (Å²) in [6.45, 7) is 11.5. The molecule has 19 rings (SSSR count). The molecule has 0 atom stereocenters. The fourth-order valence-electron chi connectivity index (χ4n) is 14.4. The van der Waals surface area contributed by atoms with E-state index in [1.54, 1.807) is 12.4 Å². The molecule has 0 saturated heterocycles. The molecule has 1 fully saturated rings. The van der Waals surface area contributed by atoms with Crippen molar-refractivity contribution >= 4 is 33.9 Å². The molecule has 1 aliphatic carbocycles. The van der Waals surface area contributed by atoms with Crippen molar-refractivity contribution in [3.63, 3.8) is 0 Å². The highest BCUT2D eigenvalue weighted by Crippen LogP contribution is 2.45. The van der Waals surface area contributed by atoms with Crippen LogP contribution in [-0.4, -0.2) is 150 Å². The molecule has 0 amide bonds. The molecule has 0 aliphatic heterocycles. The highest BCUT2D eigenvalue weighted by Gasteiger charge is 2.42. The molecule has 1 aliphatic rings. The first-order chi connectivity index (χ1) is 67.9. The van der Waals surface area contributed by atoms with Crippen LogP contribution in [0.15, 0.2) is 202 Å². The predicted molar refractivity (Wildman–Crippen MR) is 468 cm³/mol. The van der Waals surface area contributed by atoms with Crippen molar-refractivity contribution in [2.24, 2.45) is 0 Å². The lowest BCUT2D eigenvalue weighted by molar-refractivity contribution is -0.275. The summed E-state index contributed by atoms with van der Waals surface area (Å²) in [6.07, 6.45) is 0.248. The zero-order valence-corrected chi connectivity index (χ0v) is 76.4. The van der Waals surface area contributed by atoms with Crippen LogP contribution in [0.4, 0.5) is 101 Å². The molecule has 145 heavy (non-hydrogen) atoms. The van der Waals surface area contributed by atoms with E-state index < -0.39 is 107 Å². The molecule has 12 aromatic heterocycles. The molecule has 0 N–H and O–H groups in total. The van der Waals surface area contributed by atoms with Gasteiger partial charge in [-0.25, -0.2) is 4.39 Å². The summed E-state index contributed by atoms with van der Waals surface area (Å²) in [5, 5.41) is 53.1. The predicted octanol–water partition coefficient (Wildman–Crippen LogP) is 22.9. The van der Waals surface area contributed by atoms with Crippen LogP contribution < -0.4 is 23.7 Å². The van der Waals surface area contributed by atoms with Gasteiger partial charge < -0.3 is 23.7 Å². The van der Waals surface area contributed by atoms with Gasteiger partial charge in [0.25, 0.3) is 0 Å². The normalized spacial score (nSPS) is 13.1. The monoisotopic (exact) mass is 2040 g/mol. The number of nitrogens with zero attached hydrogens (tertiary/aromatic N) is 25. The maximum absolute atomic E-state index is 14.1. The average Bonchev–Trinajstić information content (AvgIpc) is 1.73. The largest absolute Gasteiger partial charge is 0.573 e. The van der Waals surface area contributed by atoms with Gasteiger partial charge in [-0.15, -0.1) is 101 Å². The van der Waals surface area contributed by atoms with Gasteiger partial charge in [0.2, 0.25) is 29.1 Å². The smallest absolute Gasteiger partial charge is 0.496 e. The first kappa shape index (κ1) is 104. The number of aryl methyl sites for hydroxylation is 1. The quantitative estimate of drug-likeness (QED) is 0.0679. The van der Waals surface area contributed by atoms with Gasteiger partial charge in [0.15, 0.2) is 33.9 Å². The van der Waals surface area contributed by atoms with Crippen LogP contribution in [-0.2, 0) is 41.2 Å². The Morgan fingerprint density at radius 2 is 0.676 bits per heavy atom. The summed E-state index contributed by atoms with van der Waals surface area (Å²) >= 11 is 0. The molecule has 0 radical (unpaired) electrons. The van der Waals surface area contributed by atoms with Gasteiger partial charge in [0.05, 0.1) is 102 Å². The second kappa shape index (κ2) is 40.5. The molecule has 12 heterocycles. The lowest BCUT2D eigenvalue weighted by Gasteiger charge is -2.35. The topological polar surface area (TPSA) is 328 Å². The van der Waals surface area contributed by atoms with E-state index in [4.69, 9.17) is 9.47 Å². The Hall–Kier alpha value is -16.5. The number of fused-ring (bicyclic) bond motifs is 6. The van der Waals surface area contributed by atoms with Crippen molar-refractivity contribution < 1.29 is 125 Å². The van der Waals surface area contributed by atoms with Crippen LogP contribution in [0.2, 0.25) is 0 Å². The maximum Gasteiger partial charge on any atom is 0.573 e. The second-order valence-corrected chi connectivity index (χ2v) is 32.6. The van der Waals surface area contributed by atoms with Gasteiger partial charge in [-0.1, -0.05) is 44.2 Å². The molecule has 1 saturated carbocycles. The molecular formula is C92H72F23N25O5. The van der Waals surface area contributed by atoms with Crippen molar-refractivity contribution in [3.8, 4) is 102 Å². The van der Waals surface area contributed by atoms with Gasteiger partial charge in [0, 0.05) is 123 Å². The van der Waals surface area contributed by atoms with Crippen molar-refractivity contribution in [1.82, 2.24) is 117 Å². The van der Waals surface area contributed by atoms with Crippen molar-refractivity contribution in [2.75, 3.05) is 13.7 Å². The van der Waals surface area contributed by atoms with Crippen LogP contribution in [0, 0.1) is 24.1 Å². The minimum atomic E-state index is -4.96. The molecule has 756 valence electrons. The van der Waals surface area contributed by atoms with E-state index in [1.165, 1.54) is 109 Å². The number of benzene rings is 6. The molecule has 53 heteroatoms. The number of alkyl halides is 22. The first-order valence-corrected chi connectivity index (χ1v) is 42.4. The third kappa shape index (κ3) is 24.6. The van der Waals surface area contributed by atoms with Crippen LogP contribution in [0.25, 0.3) is 101 Å². The molecule has 30 nitrogen and oxygen atoms in total. The molecule has 18 aromatic rings. The van der Waals surface area contributed by atoms with Gasteiger partial charge >= 0.3 is 54.9 Å². The summed E-state index contributed by atoms with van der Waals surface area (Å²) in [6, 6.07) is 31.8. The molecule has 0 unspecified atom stereocenters. The summed E-state index contributed by atoms with van der Waals surface area (Å²) in [5.41, 5.74) is 6.37. The third-order valence-corrected chi connectivity index (χ3v) is 21.2. The number of methoxy groups -OCH3 is 1. The zero-order chi connectivity index (χ0) is 105. The van der Waals surface area contributed by atoms with Crippen molar-refractivity contribution in [1.29, 1.82) is 5.26 Å². The Labute approximate surface area is 801 Å². The van der Waals surface area contributed by atoms with E-state index in [0.717, 1.165) is 123 Å². The summed E-state index contributed by atoms with van der Waals surface area (Å²) in [4.78, 5) is 24.8. The Morgan fingerprint density at radius 1 is 0.366 bits per heavy atom. The fourth-order valence-corrected chi connectivity index (χ4v) is 14.4. The highest BCUT2D eigenvalue weighted by molar-refractivity contribution is 5.70. The van der Waals surface area contributed by atoms with E-state index in [1.807, 2.05) is 73.7 Å². The number of aromatic nitrogens is 24. The average molecular weight is 2040 g/mol. The molecule has 6 aromatic carbocycles. The van der Waals surface area contributed by atoms with E-state index in [-0.39, 0.29) is 79.3 Å². The van der Waals surface area contributed by atoms with Gasteiger partial charge in [-0.3, -0.25) is 56.3 Å². The van der Waals surface area contributed by atoms with Gasteiger partial charge in [-0.05, 0) is 129 Å². The number of nitriles is 1. The SMILES string of the molecule is CC(C)c1nnc2cnc(-c3ccc(OC(F)(F)F)cc3)cn12.CC(F)(F)c1nnc2cnc(-c3ccc(C4(C#N)CCC4)cc3)cn12.CC(F)(F)c1nnc2cnc(-c3ccc(OC(F)(F)F)cc3F)cn12.CCOc1ccc(-c2cn3c(C(C)(F)F)nnc3cn2)cc1.COc1cc(OC(F)(F)F)ccc1-c1cn2c(C(C)(F)F)nnc2cn1.Cc1cc(C(F)(F)F)ccc1-c1cn2c(C(C)(F)F)nnc2cn1. The van der Waals surface area contributed by atoms with Crippen LogP contribution in [0.3, 0.4) is 0 Å². The second-order valence-electron chi connectivity index (χ2n) is 32.6. The van der Waals surface area contributed by atoms with E-state index in [9.17, 15) is 106 Å². The summed E-state index contributed by atoms with van der Waals surface area (Å²) in [7, 11) is 1.25. The van der Waals surface area contributed by atoms with Crippen LogP contribution in [0.1, 0.15) is 132 Å². The Bertz CT molecular complexity index is 7720. The van der Waals surface area contributed by atoms with Crippen LogP contribution >= 0.6 is 0 Å². The first-order valence-electron chi connectivity index (χ1n) is 42.4. The zero-order valence-electron chi connectivity index (χ0n) is 76.4. The van der Waals surface area contributed by atoms with Crippen LogP contribution in [0.5, 0.6) is 28.7 Å². The van der Waals surface area contributed by atoms with Gasteiger partial charge in [0.1, 0.15) is 40.4 Å². The Morgan fingerprint density at radius 3 is 1.01 bits per heavy atom. The number of hydrogen-bond donors (Lipinski definition) is 0. The highest BCUT2D eigenvalue weighted by atomic mass is 19.4.